The molecular weight excluding hydrogens is 272 g/mol. The summed E-state index contributed by atoms with van der Waals surface area (Å²) in [5, 5.41) is 9.05. The Kier molecular flexibility index (Phi) is 3.79. The van der Waals surface area contributed by atoms with E-state index in [-0.39, 0.29) is 11.8 Å². The van der Waals surface area contributed by atoms with Gasteiger partial charge in [0.25, 0.3) is 0 Å². The van der Waals surface area contributed by atoms with Crippen LogP contribution < -0.4 is 4.90 Å². The highest BCUT2D eigenvalue weighted by atomic mass is 32.2. The van der Waals surface area contributed by atoms with Gasteiger partial charge in [-0.25, -0.2) is 4.98 Å². The molecule has 0 radical (unpaired) electrons. The molecule has 6 heteroatoms. The van der Waals surface area contributed by atoms with E-state index in [0.29, 0.717) is 18.8 Å². The van der Waals surface area contributed by atoms with Gasteiger partial charge in [-0.15, -0.1) is 0 Å². The first-order valence-electron chi connectivity index (χ1n) is 6.76. The van der Waals surface area contributed by atoms with E-state index in [2.05, 4.69) is 16.0 Å². The van der Waals surface area contributed by atoms with E-state index in [1.54, 1.807) is 6.20 Å². The number of nitrogens with zero attached hydrogens (tertiary/aromatic N) is 4. The van der Waals surface area contributed by atoms with Gasteiger partial charge in [-0.05, 0) is 12.1 Å². The van der Waals surface area contributed by atoms with Crippen LogP contribution in [0, 0.1) is 17.2 Å². The van der Waals surface area contributed by atoms with E-state index in [1.807, 2.05) is 28.8 Å². The number of anilines is 1. The fourth-order valence-electron chi connectivity index (χ4n) is 2.61. The summed E-state index contributed by atoms with van der Waals surface area (Å²) in [6.45, 7) is 3.14. The smallest absolute Gasteiger partial charge is 0.229 e. The van der Waals surface area contributed by atoms with Gasteiger partial charge in [0.1, 0.15) is 6.07 Å². The van der Waals surface area contributed by atoms with Crippen LogP contribution in [-0.2, 0) is 4.79 Å². The number of hydrogen-bond donors (Lipinski definition) is 0. The van der Waals surface area contributed by atoms with Crippen LogP contribution in [0.25, 0.3) is 0 Å². The molecule has 0 aliphatic carbocycles. The highest BCUT2D eigenvalue weighted by molar-refractivity contribution is 7.99. The average molecular weight is 288 g/mol. The highest BCUT2D eigenvalue weighted by Gasteiger charge is 2.36. The van der Waals surface area contributed by atoms with Crippen molar-refractivity contribution in [3.05, 3.63) is 24.0 Å². The molecule has 2 aliphatic rings. The van der Waals surface area contributed by atoms with Gasteiger partial charge in [0.15, 0.2) is 5.69 Å². The van der Waals surface area contributed by atoms with Crippen LogP contribution in [-0.4, -0.2) is 53.5 Å². The minimum Gasteiger partial charge on any atom is -0.367 e. The van der Waals surface area contributed by atoms with Crippen molar-refractivity contribution >= 4 is 23.4 Å². The van der Waals surface area contributed by atoms with Crippen LogP contribution in [0.3, 0.4) is 0 Å². The molecule has 0 atom stereocenters. The molecule has 104 valence electrons. The van der Waals surface area contributed by atoms with Gasteiger partial charge < -0.3 is 9.80 Å². The Bertz CT molecular complexity index is 544. The summed E-state index contributed by atoms with van der Waals surface area (Å²) in [4.78, 5) is 20.4. The molecule has 0 N–H and O–H groups in total. The van der Waals surface area contributed by atoms with Crippen LogP contribution in [0.5, 0.6) is 0 Å². The molecule has 3 heterocycles. The Morgan fingerprint density at radius 3 is 2.85 bits per heavy atom. The fraction of sp³-hybridized carbons (Fsp3) is 0.500. The monoisotopic (exact) mass is 288 g/mol. The molecule has 0 aromatic carbocycles. The van der Waals surface area contributed by atoms with Gasteiger partial charge in [0, 0.05) is 43.9 Å². The quantitative estimate of drug-likeness (QED) is 0.811. The number of thioether (sulfide) groups is 1. The average Bonchev–Trinajstić information content (AvgIpc) is 2.47. The molecule has 0 bridgehead atoms. The summed E-state index contributed by atoms with van der Waals surface area (Å²) < 4.78 is 0. The van der Waals surface area contributed by atoms with E-state index in [4.69, 9.17) is 5.26 Å². The fourth-order valence-corrected chi connectivity index (χ4v) is 3.51. The third kappa shape index (κ3) is 2.46. The third-order valence-corrected chi connectivity index (χ3v) is 4.73. The number of aromatic nitrogens is 1. The number of pyridine rings is 1. The van der Waals surface area contributed by atoms with Gasteiger partial charge in [0.05, 0.1) is 11.6 Å². The van der Waals surface area contributed by atoms with Crippen molar-refractivity contribution in [1.29, 1.82) is 5.26 Å². The van der Waals surface area contributed by atoms with Crippen molar-refractivity contribution in [2.24, 2.45) is 5.92 Å². The molecule has 0 spiro atoms. The highest BCUT2D eigenvalue weighted by Crippen LogP contribution is 2.28. The van der Waals surface area contributed by atoms with Crippen molar-refractivity contribution in [2.45, 2.75) is 0 Å². The van der Waals surface area contributed by atoms with Gasteiger partial charge in [-0.1, -0.05) is 0 Å². The minimum absolute atomic E-state index is 0.0739. The predicted molar refractivity (Wildman–Crippen MR) is 78.6 cm³/mol. The van der Waals surface area contributed by atoms with Crippen molar-refractivity contribution in [1.82, 2.24) is 9.88 Å². The summed E-state index contributed by atoms with van der Waals surface area (Å²) in [6.07, 6.45) is 1.62. The summed E-state index contributed by atoms with van der Waals surface area (Å²) in [6, 6.07) is 5.82. The summed E-state index contributed by atoms with van der Waals surface area (Å²) in [5.41, 5.74) is 1.28. The molecule has 2 aliphatic heterocycles. The lowest BCUT2D eigenvalue weighted by atomic mass is 9.97. The van der Waals surface area contributed by atoms with E-state index in [1.165, 1.54) is 0 Å². The molecular formula is C14H16N4OS. The van der Waals surface area contributed by atoms with Crippen molar-refractivity contribution in [3.63, 3.8) is 0 Å². The molecule has 5 nitrogen and oxygen atoms in total. The van der Waals surface area contributed by atoms with E-state index >= 15 is 0 Å². The zero-order chi connectivity index (χ0) is 13.9. The second-order valence-electron chi connectivity index (χ2n) is 5.02. The maximum atomic E-state index is 12.3. The van der Waals surface area contributed by atoms with Gasteiger partial charge >= 0.3 is 0 Å². The molecule has 0 saturated carbocycles. The van der Waals surface area contributed by atoms with Crippen LogP contribution in [0.1, 0.15) is 5.69 Å². The SMILES string of the molecule is N#Cc1ncccc1N1CC(C(=O)N2CCSCC2)C1. The normalized spacial score (nSPS) is 19.4. The first kappa shape index (κ1) is 13.3. The van der Waals surface area contributed by atoms with Crippen molar-refractivity contribution in [3.8, 4) is 6.07 Å². The first-order valence-corrected chi connectivity index (χ1v) is 7.91. The number of nitriles is 1. The third-order valence-electron chi connectivity index (χ3n) is 3.79. The van der Waals surface area contributed by atoms with Crippen LogP contribution in [0.2, 0.25) is 0 Å². The first-order chi connectivity index (χ1) is 9.79. The number of carbonyl (C=O) groups excluding carboxylic acids is 1. The predicted octanol–water partition coefficient (Wildman–Crippen LogP) is 0.965. The Labute approximate surface area is 122 Å². The Balaban J connectivity index is 1.61. The lowest BCUT2D eigenvalue weighted by molar-refractivity contribution is -0.135. The number of amides is 1. The molecule has 2 fully saturated rings. The minimum atomic E-state index is 0.0739. The maximum Gasteiger partial charge on any atom is 0.229 e. The lowest BCUT2D eigenvalue weighted by Gasteiger charge is -2.42. The molecule has 1 amide bonds. The topological polar surface area (TPSA) is 60.2 Å². The van der Waals surface area contributed by atoms with E-state index < -0.39 is 0 Å². The Morgan fingerprint density at radius 1 is 1.40 bits per heavy atom. The maximum absolute atomic E-state index is 12.3. The van der Waals surface area contributed by atoms with Gasteiger partial charge in [-0.3, -0.25) is 4.79 Å². The van der Waals surface area contributed by atoms with Gasteiger partial charge in [-0.2, -0.15) is 17.0 Å². The molecule has 3 rings (SSSR count). The van der Waals surface area contributed by atoms with Crippen LogP contribution in [0.15, 0.2) is 18.3 Å². The molecule has 0 unspecified atom stereocenters. The van der Waals surface area contributed by atoms with E-state index in [9.17, 15) is 4.79 Å². The Hall–Kier alpha value is -1.74. The van der Waals surface area contributed by atoms with E-state index in [0.717, 1.165) is 30.3 Å². The zero-order valence-electron chi connectivity index (χ0n) is 11.2. The number of rotatable bonds is 2. The van der Waals surface area contributed by atoms with Crippen molar-refractivity contribution < 1.29 is 4.79 Å². The molecule has 1 aromatic rings. The number of hydrogen-bond acceptors (Lipinski definition) is 5. The van der Waals surface area contributed by atoms with Crippen LogP contribution >= 0.6 is 11.8 Å². The Morgan fingerprint density at radius 2 is 2.15 bits per heavy atom. The van der Waals surface area contributed by atoms with Gasteiger partial charge in [0.2, 0.25) is 5.91 Å². The molecule has 1 aromatic heterocycles. The lowest BCUT2D eigenvalue weighted by Crippen LogP contribution is -2.56. The second kappa shape index (κ2) is 5.71. The van der Waals surface area contributed by atoms with Crippen molar-refractivity contribution in [2.75, 3.05) is 42.6 Å². The van der Waals surface area contributed by atoms with Crippen LogP contribution in [0.4, 0.5) is 5.69 Å². The standard InChI is InChI=1S/C14H16N4OS/c15-8-12-13(2-1-3-16-12)18-9-11(10-18)14(19)17-4-6-20-7-5-17/h1-3,11H,4-7,9-10H2. The summed E-state index contributed by atoms with van der Waals surface area (Å²) >= 11 is 1.91. The zero-order valence-corrected chi connectivity index (χ0v) is 12.0. The second-order valence-corrected chi connectivity index (χ2v) is 6.25. The summed E-state index contributed by atoms with van der Waals surface area (Å²) in [7, 11) is 0. The molecule has 2 saturated heterocycles. The largest absolute Gasteiger partial charge is 0.367 e. The number of carbonyl (C=O) groups is 1. The molecule has 20 heavy (non-hydrogen) atoms. The summed E-state index contributed by atoms with van der Waals surface area (Å²) in [5.74, 6) is 2.43.